The number of amidine groups is 1. The average molecular weight is 410 g/mol. The molecule has 1 aromatic heterocycles. The lowest BCUT2D eigenvalue weighted by Crippen LogP contribution is -2.63. The molecule has 0 saturated carbocycles. The lowest BCUT2D eigenvalue weighted by atomic mass is 10.1. The van der Waals surface area contributed by atoms with E-state index in [4.69, 9.17) is 9.73 Å². The van der Waals surface area contributed by atoms with E-state index in [0.717, 1.165) is 29.2 Å². The number of carbonyl (C=O) groups excluding carboxylic acids is 2. The Morgan fingerprint density at radius 3 is 2.63 bits per heavy atom. The highest BCUT2D eigenvalue weighted by Gasteiger charge is 2.54. The number of aromatic nitrogens is 2. The number of ether oxygens (including phenoxy) is 1. The number of hydrogen-bond donors (Lipinski definition) is 0. The predicted octanol–water partition coefficient (Wildman–Crippen LogP) is 2.92. The van der Waals surface area contributed by atoms with Crippen LogP contribution in [0.2, 0.25) is 0 Å². The van der Waals surface area contributed by atoms with Crippen molar-refractivity contribution in [1.82, 2.24) is 14.4 Å². The molecule has 3 amide bonds. The molecule has 1 atom stereocenters. The first-order valence-corrected chi connectivity index (χ1v) is 10.2. The minimum Gasteiger partial charge on any atom is -0.497 e. The van der Waals surface area contributed by atoms with E-state index in [2.05, 4.69) is 13.8 Å². The van der Waals surface area contributed by atoms with Crippen molar-refractivity contribution in [3.05, 3.63) is 35.7 Å². The largest absolute Gasteiger partial charge is 0.497 e. The minimum absolute atomic E-state index is 0.216. The van der Waals surface area contributed by atoms with Crippen LogP contribution in [0.5, 0.6) is 5.75 Å². The maximum Gasteiger partial charge on any atom is 0.407 e. The molecule has 8 nitrogen and oxygen atoms in total. The van der Waals surface area contributed by atoms with Gasteiger partial charge in [0.25, 0.3) is 5.91 Å². The van der Waals surface area contributed by atoms with Crippen molar-refractivity contribution in [2.75, 3.05) is 20.7 Å². The molecule has 1 unspecified atom stereocenters. The standard InChI is InChI=1S/C22H28N5O3/c1-13(2)10-11-25-20(28)18-19(24(5)22(25)29)23-21-26(14(3)15(4)27(18)21)16-8-7-9-17(12-16)30-6/h7-9,12-13,18H,10-11H2,1-6H3/q+1. The summed E-state index contributed by atoms with van der Waals surface area (Å²) in [5.74, 6) is 2.03. The van der Waals surface area contributed by atoms with Crippen LogP contribution in [0.3, 0.4) is 0 Å². The van der Waals surface area contributed by atoms with E-state index in [1.807, 2.05) is 47.2 Å². The Labute approximate surface area is 176 Å². The Balaban J connectivity index is 1.83. The second-order valence-electron chi connectivity index (χ2n) is 8.26. The molecule has 30 heavy (non-hydrogen) atoms. The van der Waals surface area contributed by atoms with E-state index in [1.54, 1.807) is 14.2 Å². The van der Waals surface area contributed by atoms with E-state index in [-0.39, 0.29) is 11.9 Å². The van der Waals surface area contributed by atoms with Crippen molar-refractivity contribution >= 4 is 23.7 Å². The van der Waals surface area contributed by atoms with Gasteiger partial charge in [0, 0.05) is 19.7 Å². The monoisotopic (exact) mass is 410 g/mol. The van der Waals surface area contributed by atoms with E-state index in [9.17, 15) is 9.59 Å². The van der Waals surface area contributed by atoms with Gasteiger partial charge in [-0.3, -0.25) is 14.6 Å². The number of fused-ring (bicyclic) bond motifs is 3. The highest BCUT2D eigenvalue weighted by Crippen LogP contribution is 2.33. The summed E-state index contributed by atoms with van der Waals surface area (Å²) in [7, 11) is 3.32. The van der Waals surface area contributed by atoms with Gasteiger partial charge in [-0.1, -0.05) is 24.9 Å². The summed E-state index contributed by atoms with van der Waals surface area (Å²) in [6.07, 6.45) is 0.769. The number of amides is 3. The molecule has 4 rings (SSSR count). The highest BCUT2D eigenvalue weighted by molar-refractivity contribution is 6.19. The van der Waals surface area contributed by atoms with Crippen LogP contribution in [0.25, 0.3) is 5.69 Å². The predicted molar refractivity (Wildman–Crippen MR) is 112 cm³/mol. The van der Waals surface area contributed by atoms with E-state index < -0.39 is 6.04 Å². The lowest BCUT2D eigenvalue weighted by Gasteiger charge is -2.33. The third-order valence-electron chi connectivity index (χ3n) is 5.96. The van der Waals surface area contributed by atoms with E-state index in [0.29, 0.717) is 24.2 Å². The number of imide groups is 1. The average Bonchev–Trinajstić information content (AvgIpc) is 3.22. The Morgan fingerprint density at radius 2 is 1.97 bits per heavy atom. The van der Waals surface area contributed by atoms with Crippen LogP contribution in [0.15, 0.2) is 29.3 Å². The molecular formula is C22H28N5O3+. The van der Waals surface area contributed by atoms with Gasteiger partial charge in [-0.05, 0) is 38.3 Å². The molecule has 0 aliphatic carbocycles. The van der Waals surface area contributed by atoms with Gasteiger partial charge in [0.05, 0.1) is 7.11 Å². The van der Waals surface area contributed by atoms with Crippen molar-refractivity contribution in [2.45, 2.75) is 40.2 Å². The number of rotatable bonds is 5. The Morgan fingerprint density at radius 1 is 1.23 bits per heavy atom. The fourth-order valence-electron chi connectivity index (χ4n) is 4.09. The molecule has 1 fully saturated rings. The van der Waals surface area contributed by atoms with Crippen LogP contribution in [-0.4, -0.2) is 52.8 Å². The van der Waals surface area contributed by atoms with Crippen molar-refractivity contribution in [1.29, 1.82) is 0 Å². The SMILES string of the molecule is COc1cccc(-n2c(C)c(C)[n+]3c2N=C2C3C(=O)N(CCC(C)C)C(=O)N2C)c1. The molecule has 1 aromatic carbocycles. The molecule has 8 heteroatoms. The third kappa shape index (κ3) is 2.89. The van der Waals surface area contributed by atoms with Crippen LogP contribution in [0.1, 0.15) is 37.7 Å². The van der Waals surface area contributed by atoms with Gasteiger partial charge in [0.2, 0.25) is 11.9 Å². The number of aliphatic imine (C=N–C) groups is 1. The molecule has 0 N–H and O–H groups in total. The first kappa shape index (κ1) is 20.1. The molecule has 1 saturated heterocycles. The van der Waals surface area contributed by atoms with Crippen molar-refractivity contribution in [3.63, 3.8) is 0 Å². The molecule has 3 heterocycles. The quantitative estimate of drug-likeness (QED) is 0.712. The van der Waals surface area contributed by atoms with Crippen LogP contribution in [0, 0.1) is 19.8 Å². The van der Waals surface area contributed by atoms with Crippen molar-refractivity contribution in [3.8, 4) is 11.4 Å². The topological polar surface area (TPSA) is 71.0 Å². The van der Waals surface area contributed by atoms with E-state index >= 15 is 0 Å². The van der Waals surface area contributed by atoms with E-state index in [1.165, 1.54) is 9.80 Å². The molecule has 0 spiro atoms. The second-order valence-corrected chi connectivity index (χ2v) is 8.26. The second kappa shape index (κ2) is 7.27. The molecule has 0 radical (unpaired) electrons. The maximum atomic E-state index is 13.4. The molecule has 2 aromatic rings. The van der Waals surface area contributed by atoms with Gasteiger partial charge in [-0.2, -0.15) is 4.57 Å². The zero-order valence-corrected chi connectivity index (χ0v) is 18.3. The zero-order valence-electron chi connectivity index (χ0n) is 18.3. The fraction of sp³-hybridized carbons (Fsp3) is 0.455. The van der Waals surface area contributed by atoms with Gasteiger partial charge in [0.1, 0.15) is 22.8 Å². The van der Waals surface area contributed by atoms with Gasteiger partial charge in [-0.25, -0.2) is 9.36 Å². The Hall–Kier alpha value is -3.16. The smallest absolute Gasteiger partial charge is 0.407 e. The summed E-state index contributed by atoms with van der Waals surface area (Å²) in [5, 5.41) is 0. The first-order chi connectivity index (χ1) is 14.3. The lowest BCUT2D eigenvalue weighted by molar-refractivity contribution is -0.682. The van der Waals surface area contributed by atoms with Gasteiger partial charge in [-0.15, -0.1) is 0 Å². The minimum atomic E-state index is -0.625. The summed E-state index contributed by atoms with van der Waals surface area (Å²) >= 11 is 0. The number of nitrogens with zero attached hydrogens (tertiary/aromatic N) is 5. The van der Waals surface area contributed by atoms with Gasteiger partial charge >= 0.3 is 12.0 Å². The number of likely N-dealkylation sites (N-methyl/N-ethyl adjacent to an activating group) is 1. The molecular weight excluding hydrogens is 382 g/mol. The van der Waals surface area contributed by atoms with Crippen molar-refractivity contribution < 1.29 is 18.9 Å². The molecule has 2 aliphatic heterocycles. The first-order valence-electron chi connectivity index (χ1n) is 10.2. The summed E-state index contributed by atoms with van der Waals surface area (Å²) < 4.78 is 9.33. The van der Waals surface area contributed by atoms with Crippen LogP contribution in [-0.2, 0) is 4.79 Å². The normalized spacial score (nSPS) is 18.1. The van der Waals surface area contributed by atoms with Crippen LogP contribution >= 0.6 is 0 Å². The van der Waals surface area contributed by atoms with Crippen molar-refractivity contribution in [2.24, 2.45) is 10.9 Å². The van der Waals surface area contributed by atoms with Crippen LogP contribution < -0.4 is 9.30 Å². The maximum absolute atomic E-state index is 13.4. The highest BCUT2D eigenvalue weighted by atomic mass is 16.5. The number of hydrogen-bond acceptors (Lipinski definition) is 4. The van der Waals surface area contributed by atoms with Gasteiger partial charge in [0.15, 0.2) is 0 Å². The molecule has 2 aliphatic rings. The number of methoxy groups -OCH3 is 1. The Kier molecular flexibility index (Phi) is 4.88. The molecule has 158 valence electrons. The zero-order chi connectivity index (χ0) is 21.7. The number of carbonyl (C=O) groups is 2. The number of urea groups is 1. The summed E-state index contributed by atoms with van der Waals surface area (Å²) in [4.78, 5) is 33.9. The fourth-order valence-corrected chi connectivity index (χ4v) is 4.09. The number of benzene rings is 1. The summed E-state index contributed by atoms with van der Waals surface area (Å²) in [6, 6.07) is 6.77. The summed E-state index contributed by atoms with van der Waals surface area (Å²) in [6.45, 7) is 8.57. The van der Waals surface area contributed by atoms with Crippen LogP contribution in [0.4, 0.5) is 10.7 Å². The summed E-state index contributed by atoms with van der Waals surface area (Å²) in [5.41, 5.74) is 2.82. The van der Waals surface area contributed by atoms with Gasteiger partial charge < -0.3 is 4.74 Å². The third-order valence-corrected chi connectivity index (χ3v) is 5.96. The molecule has 0 bridgehead atoms. The Bertz CT molecular complexity index is 1070. The number of imidazole rings is 1.